The summed E-state index contributed by atoms with van der Waals surface area (Å²) < 4.78 is 5.27. The van der Waals surface area contributed by atoms with Crippen LogP contribution >= 0.6 is 0 Å². The molecule has 2 N–H and O–H groups in total. The molecule has 1 rings (SSSR count). The molecule has 0 spiro atoms. The van der Waals surface area contributed by atoms with E-state index in [1.807, 2.05) is 18.2 Å². The van der Waals surface area contributed by atoms with Gasteiger partial charge in [0.15, 0.2) is 0 Å². The minimum absolute atomic E-state index is 0.144. The molecule has 0 aliphatic heterocycles. The first kappa shape index (κ1) is 17.5. The zero-order valence-corrected chi connectivity index (χ0v) is 12.9. The molecule has 0 saturated heterocycles. The first-order valence-electron chi connectivity index (χ1n) is 7.35. The quantitative estimate of drug-likeness (QED) is 0.715. The second kappa shape index (κ2) is 10.2. The third-order valence-electron chi connectivity index (χ3n) is 3.25. The normalized spacial score (nSPS) is 10.3. The number of rotatable bonds is 8. The molecule has 4 heteroatoms. The fraction of sp³-hybridized carbons (Fsp3) is 0.529. The van der Waals surface area contributed by atoms with E-state index in [0.717, 1.165) is 36.3 Å². The van der Waals surface area contributed by atoms with E-state index in [4.69, 9.17) is 9.84 Å². The van der Waals surface area contributed by atoms with Crippen molar-refractivity contribution in [3.8, 4) is 17.6 Å². The van der Waals surface area contributed by atoms with Gasteiger partial charge in [0.2, 0.25) is 0 Å². The zero-order valence-electron chi connectivity index (χ0n) is 12.9. The predicted octanol–water partition coefficient (Wildman–Crippen LogP) is 1.63. The molecular weight excluding hydrogens is 266 g/mol. The fourth-order valence-electron chi connectivity index (χ4n) is 2.12. The van der Waals surface area contributed by atoms with Crippen molar-refractivity contribution in [2.75, 3.05) is 33.4 Å². The summed E-state index contributed by atoms with van der Waals surface area (Å²) in [5, 5.41) is 18.1. The van der Waals surface area contributed by atoms with Crippen LogP contribution in [0.1, 0.15) is 30.9 Å². The molecule has 0 radical (unpaired) electrons. The molecule has 0 fully saturated rings. The van der Waals surface area contributed by atoms with Crippen molar-refractivity contribution < 1.29 is 14.9 Å². The number of benzene rings is 1. The van der Waals surface area contributed by atoms with Gasteiger partial charge in [0, 0.05) is 18.7 Å². The lowest BCUT2D eigenvalue weighted by molar-refractivity contribution is 0.188. The number of hydrogen-bond acceptors (Lipinski definition) is 4. The van der Waals surface area contributed by atoms with Gasteiger partial charge < -0.3 is 14.9 Å². The number of methoxy groups -OCH3 is 1. The number of ether oxygens (including phenoxy) is 1. The molecule has 0 amide bonds. The third-order valence-corrected chi connectivity index (χ3v) is 3.25. The topological polar surface area (TPSA) is 52.9 Å². The van der Waals surface area contributed by atoms with Gasteiger partial charge >= 0.3 is 0 Å². The van der Waals surface area contributed by atoms with Crippen LogP contribution in [0.15, 0.2) is 18.2 Å². The Morgan fingerprint density at radius 3 is 2.67 bits per heavy atom. The monoisotopic (exact) mass is 291 g/mol. The second-order valence-electron chi connectivity index (χ2n) is 4.84. The summed E-state index contributed by atoms with van der Waals surface area (Å²) in [5.41, 5.74) is 1.95. The number of unbranched alkanes of at least 4 members (excludes halogenated alkanes) is 1. The van der Waals surface area contributed by atoms with Crippen LogP contribution in [0.3, 0.4) is 0 Å². The number of aliphatic hydroxyl groups excluding tert-OH is 2. The molecule has 21 heavy (non-hydrogen) atoms. The second-order valence-corrected chi connectivity index (χ2v) is 4.84. The Bertz CT molecular complexity index is 477. The van der Waals surface area contributed by atoms with Crippen LogP contribution < -0.4 is 4.74 Å². The molecule has 1 aromatic carbocycles. The molecule has 0 bridgehead atoms. The first-order chi connectivity index (χ1) is 10.2. The highest BCUT2D eigenvalue weighted by Crippen LogP contribution is 2.19. The maximum Gasteiger partial charge on any atom is 0.119 e. The van der Waals surface area contributed by atoms with Crippen molar-refractivity contribution in [3.63, 3.8) is 0 Å². The van der Waals surface area contributed by atoms with E-state index in [1.165, 1.54) is 0 Å². The van der Waals surface area contributed by atoms with Crippen LogP contribution in [0.25, 0.3) is 0 Å². The molecule has 1 aromatic rings. The average molecular weight is 291 g/mol. The Balaban J connectivity index is 2.94. The van der Waals surface area contributed by atoms with Gasteiger partial charge in [-0.25, -0.2) is 0 Å². The van der Waals surface area contributed by atoms with E-state index in [1.54, 1.807) is 7.11 Å². The van der Waals surface area contributed by atoms with Gasteiger partial charge in [-0.2, -0.15) is 0 Å². The zero-order chi connectivity index (χ0) is 15.5. The molecule has 0 aromatic heterocycles. The summed E-state index contributed by atoms with van der Waals surface area (Å²) in [7, 11) is 1.64. The number of hydrogen-bond donors (Lipinski definition) is 2. The predicted molar refractivity (Wildman–Crippen MR) is 84.2 cm³/mol. The molecule has 0 aliphatic rings. The molecule has 116 valence electrons. The summed E-state index contributed by atoms with van der Waals surface area (Å²) in [6, 6.07) is 5.75. The standard InChI is InChI=1S/C17H25NO3/c1-3-4-9-18(10-12-20)14-16-13-17(21-2)8-7-15(16)6-5-11-19/h7-8,13,19-20H,3-4,9-12,14H2,1-2H3. The van der Waals surface area contributed by atoms with Crippen LogP contribution in [0.4, 0.5) is 0 Å². The highest BCUT2D eigenvalue weighted by Gasteiger charge is 2.09. The molecule has 0 unspecified atom stereocenters. The van der Waals surface area contributed by atoms with Gasteiger partial charge in [-0.3, -0.25) is 4.90 Å². The van der Waals surface area contributed by atoms with E-state index >= 15 is 0 Å². The lowest BCUT2D eigenvalue weighted by Gasteiger charge is -2.22. The van der Waals surface area contributed by atoms with Gasteiger partial charge in [0.1, 0.15) is 12.4 Å². The van der Waals surface area contributed by atoms with E-state index in [0.29, 0.717) is 13.1 Å². The van der Waals surface area contributed by atoms with E-state index < -0.39 is 0 Å². The van der Waals surface area contributed by atoms with E-state index in [-0.39, 0.29) is 13.2 Å². The molecule has 0 aliphatic carbocycles. The van der Waals surface area contributed by atoms with E-state index in [9.17, 15) is 5.11 Å². The first-order valence-corrected chi connectivity index (χ1v) is 7.35. The van der Waals surface area contributed by atoms with Crippen molar-refractivity contribution in [3.05, 3.63) is 29.3 Å². The molecule has 0 atom stereocenters. The highest BCUT2D eigenvalue weighted by atomic mass is 16.5. The van der Waals surface area contributed by atoms with Gasteiger partial charge in [0.05, 0.1) is 13.7 Å². The summed E-state index contributed by atoms with van der Waals surface area (Å²) in [4.78, 5) is 2.21. The lowest BCUT2D eigenvalue weighted by Crippen LogP contribution is -2.28. The summed E-state index contributed by atoms with van der Waals surface area (Å²) in [6.07, 6.45) is 2.22. The van der Waals surface area contributed by atoms with Gasteiger partial charge in [0.25, 0.3) is 0 Å². The van der Waals surface area contributed by atoms with Crippen molar-refractivity contribution in [1.29, 1.82) is 0 Å². The lowest BCUT2D eigenvalue weighted by atomic mass is 10.1. The number of nitrogens with zero attached hydrogens (tertiary/aromatic N) is 1. The van der Waals surface area contributed by atoms with Crippen LogP contribution in [-0.2, 0) is 6.54 Å². The summed E-state index contributed by atoms with van der Waals surface area (Å²) in [6.45, 7) is 4.45. The van der Waals surface area contributed by atoms with Crippen molar-refractivity contribution in [2.45, 2.75) is 26.3 Å². The Labute approximate surface area is 127 Å². The Hall–Kier alpha value is -1.54. The smallest absolute Gasteiger partial charge is 0.119 e. The summed E-state index contributed by atoms with van der Waals surface area (Å²) in [5.74, 6) is 6.45. The van der Waals surface area contributed by atoms with Crippen LogP contribution in [-0.4, -0.2) is 48.5 Å². The van der Waals surface area contributed by atoms with Crippen LogP contribution in [0.5, 0.6) is 5.75 Å². The highest BCUT2D eigenvalue weighted by molar-refractivity contribution is 5.45. The van der Waals surface area contributed by atoms with Crippen LogP contribution in [0, 0.1) is 11.8 Å². The Morgan fingerprint density at radius 1 is 1.24 bits per heavy atom. The molecule has 4 nitrogen and oxygen atoms in total. The van der Waals surface area contributed by atoms with Crippen molar-refractivity contribution >= 4 is 0 Å². The fourth-order valence-corrected chi connectivity index (χ4v) is 2.12. The van der Waals surface area contributed by atoms with Gasteiger partial charge in [-0.05, 0) is 36.7 Å². The minimum atomic E-state index is -0.151. The molecule has 0 heterocycles. The van der Waals surface area contributed by atoms with Crippen molar-refractivity contribution in [1.82, 2.24) is 4.90 Å². The SMILES string of the molecule is CCCCN(CCO)Cc1cc(OC)ccc1C#CCO. The third kappa shape index (κ3) is 6.17. The Kier molecular flexibility index (Phi) is 8.53. The average Bonchev–Trinajstić information content (AvgIpc) is 2.51. The molecule has 0 saturated carbocycles. The summed E-state index contributed by atoms with van der Waals surface area (Å²) >= 11 is 0. The minimum Gasteiger partial charge on any atom is -0.497 e. The maximum absolute atomic E-state index is 9.20. The maximum atomic E-state index is 9.20. The largest absolute Gasteiger partial charge is 0.497 e. The van der Waals surface area contributed by atoms with E-state index in [2.05, 4.69) is 23.7 Å². The van der Waals surface area contributed by atoms with Crippen molar-refractivity contribution in [2.24, 2.45) is 0 Å². The Morgan fingerprint density at radius 2 is 2.05 bits per heavy atom. The molecular formula is C17H25NO3. The van der Waals surface area contributed by atoms with Gasteiger partial charge in [-0.1, -0.05) is 25.2 Å². The van der Waals surface area contributed by atoms with Gasteiger partial charge in [-0.15, -0.1) is 0 Å². The number of aliphatic hydroxyl groups is 2. The van der Waals surface area contributed by atoms with Crippen LogP contribution in [0.2, 0.25) is 0 Å².